The zero-order chi connectivity index (χ0) is 16.4. The highest BCUT2D eigenvalue weighted by atomic mass is 79.9. The second-order valence-electron chi connectivity index (χ2n) is 5.08. The molecule has 0 saturated carbocycles. The van der Waals surface area contributed by atoms with E-state index in [2.05, 4.69) is 26.2 Å². The molecule has 0 spiro atoms. The Morgan fingerprint density at radius 2 is 2.00 bits per heavy atom. The summed E-state index contributed by atoms with van der Waals surface area (Å²) >= 11 is 9.25. The molecule has 0 saturated heterocycles. The van der Waals surface area contributed by atoms with Crippen LogP contribution in [0.5, 0.6) is 11.5 Å². The lowest BCUT2D eigenvalue weighted by Crippen LogP contribution is -2.27. The van der Waals surface area contributed by atoms with Crippen LogP contribution in [0.3, 0.4) is 0 Å². The minimum absolute atomic E-state index is 0.219. The molecule has 0 aliphatic carbocycles. The summed E-state index contributed by atoms with van der Waals surface area (Å²) in [5.41, 5.74) is 1.36. The van der Waals surface area contributed by atoms with Crippen LogP contribution in [0.1, 0.15) is 28.9 Å². The first-order valence-electron chi connectivity index (χ1n) is 7.06. The Morgan fingerprint density at radius 3 is 2.65 bits per heavy atom. The molecule has 3 rings (SSSR count). The van der Waals surface area contributed by atoms with Gasteiger partial charge in [0.1, 0.15) is 18.4 Å². The first-order chi connectivity index (χ1) is 11.0. The molecule has 1 aliphatic heterocycles. The smallest absolute Gasteiger partial charge is 0.253 e. The predicted octanol–water partition coefficient (Wildman–Crippen LogP) is 3.76. The molecule has 120 valence electrons. The Balaban J connectivity index is 1.79. The molecule has 23 heavy (non-hydrogen) atoms. The normalized spacial score (nSPS) is 14.2. The highest BCUT2D eigenvalue weighted by molar-refractivity contribution is 9.10. The van der Waals surface area contributed by atoms with Gasteiger partial charge in [-0.15, -0.1) is 0 Å². The average molecular weight is 398 g/mol. The zero-order valence-electron chi connectivity index (χ0n) is 12.3. The molecule has 2 heterocycles. The minimum Gasteiger partial charge on any atom is -0.486 e. The van der Waals surface area contributed by atoms with Gasteiger partial charge in [0.2, 0.25) is 0 Å². The molecular formula is C16H14BrClN2O3. The molecule has 7 heteroatoms. The van der Waals surface area contributed by atoms with Crippen molar-refractivity contribution in [3.63, 3.8) is 0 Å². The number of amides is 1. The van der Waals surface area contributed by atoms with Crippen LogP contribution >= 0.6 is 27.5 Å². The van der Waals surface area contributed by atoms with E-state index in [0.29, 0.717) is 35.4 Å². The van der Waals surface area contributed by atoms with Gasteiger partial charge < -0.3 is 14.8 Å². The largest absolute Gasteiger partial charge is 0.486 e. The third-order valence-electron chi connectivity index (χ3n) is 3.47. The van der Waals surface area contributed by atoms with Crippen molar-refractivity contribution in [2.45, 2.75) is 13.0 Å². The van der Waals surface area contributed by atoms with Crippen LogP contribution < -0.4 is 14.8 Å². The number of nitrogens with one attached hydrogen (secondary N) is 1. The molecule has 1 aromatic carbocycles. The lowest BCUT2D eigenvalue weighted by atomic mass is 10.1. The number of hydrogen-bond donors (Lipinski definition) is 1. The molecular weight excluding hydrogens is 384 g/mol. The third kappa shape index (κ3) is 3.59. The summed E-state index contributed by atoms with van der Waals surface area (Å²) in [5, 5.41) is 3.28. The van der Waals surface area contributed by atoms with Gasteiger partial charge in [0.15, 0.2) is 11.5 Å². The molecule has 1 aliphatic rings. The van der Waals surface area contributed by atoms with Gasteiger partial charge in [-0.3, -0.25) is 4.79 Å². The van der Waals surface area contributed by atoms with Crippen molar-refractivity contribution < 1.29 is 14.3 Å². The number of halogens is 2. The molecule has 0 bridgehead atoms. The molecule has 1 N–H and O–H groups in total. The summed E-state index contributed by atoms with van der Waals surface area (Å²) in [5.74, 6) is 1.17. The average Bonchev–Trinajstić information content (AvgIpc) is 2.54. The van der Waals surface area contributed by atoms with Gasteiger partial charge in [-0.2, -0.15) is 0 Å². The van der Waals surface area contributed by atoms with Crippen LogP contribution in [0, 0.1) is 0 Å². The summed E-state index contributed by atoms with van der Waals surface area (Å²) in [6.07, 6.45) is 1.45. The maximum absolute atomic E-state index is 12.3. The Hall–Kier alpha value is -1.79. The van der Waals surface area contributed by atoms with E-state index in [0.717, 1.165) is 10.0 Å². The van der Waals surface area contributed by atoms with Crippen molar-refractivity contribution in [1.82, 2.24) is 10.3 Å². The predicted molar refractivity (Wildman–Crippen MR) is 90.3 cm³/mol. The Kier molecular flexibility index (Phi) is 4.73. The number of hydrogen-bond acceptors (Lipinski definition) is 4. The third-order valence-corrected chi connectivity index (χ3v) is 4.38. The number of aromatic nitrogens is 1. The minimum atomic E-state index is -0.219. The van der Waals surface area contributed by atoms with Crippen LogP contribution in [0.4, 0.5) is 0 Å². The number of fused-ring (bicyclic) bond motifs is 1. The van der Waals surface area contributed by atoms with Gasteiger partial charge in [-0.25, -0.2) is 4.98 Å². The Morgan fingerprint density at radius 1 is 1.30 bits per heavy atom. The molecule has 1 amide bonds. The van der Waals surface area contributed by atoms with E-state index < -0.39 is 0 Å². The Bertz CT molecular complexity index is 737. The van der Waals surface area contributed by atoms with E-state index in [1.54, 1.807) is 12.1 Å². The fraction of sp³-hybridized carbons (Fsp3) is 0.250. The van der Waals surface area contributed by atoms with Crippen LogP contribution in [0.25, 0.3) is 0 Å². The van der Waals surface area contributed by atoms with E-state index in [1.165, 1.54) is 6.20 Å². The summed E-state index contributed by atoms with van der Waals surface area (Å²) < 4.78 is 12.0. The summed E-state index contributed by atoms with van der Waals surface area (Å²) in [6.45, 7) is 2.96. The highest BCUT2D eigenvalue weighted by Crippen LogP contribution is 2.37. The first kappa shape index (κ1) is 16.1. The van der Waals surface area contributed by atoms with E-state index in [1.807, 2.05) is 19.1 Å². The lowest BCUT2D eigenvalue weighted by molar-refractivity contribution is 0.0939. The highest BCUT2D eigenvalue weighted by Gasteiger charge is 2.19. The van der Waals surface area contributed by atoms with Gasteiger partial charge in [0.05, 0.1) is 11.6 Å². The van der Waals surface area contributed by atoms with Gasteiger partial charge >= 0.3 is 0 Å². The lowest BCUT2D eigenvalue weighted by Gasteiger charge is -2.22. The number of rotatable bonds is 3. The Labute approximate surface area is 147 Å². The van der Waals surface area contributed by atoms with E-state index >= 15 is 0 Å². The summed E-state index contributed by atoms with van der Waals surface area (Å²) in [4.78, 5) is 16.2. The number of carbonyl (C=O) groups excluding carboxylic acids is 1. The van der Waals surface area contributed by atoms with Crippen LogP contribution in [-0.2, 0) is 0 Å². The number of benzene rings is 1. The number of carbonyl (C=O) groups is 1. The quantitative estimate of drug-likeness (QED) is 0.801. The number of ether oxygens (including phenoxy) is 2. The molecule has 5 nitrogen and oxygen atoms in total. The number of nitrogens with zero attached hydrogens (tertiary/aromatic N) is 1. The van der Waals surface area contributed by atoms with Crippen molar-refractivity contribution in [2.24, 2.45) is 0 Å². The molecule has 1 unspecified atom stereocenters. The van der Waals surface area contributed by atoms with Crippen LogP contribution in [0.15, 0.2) is 34.9 Å². The van der Waals surface area contributed by atoms with Crippen molar-refractivity contribution in [2.75, 3.05) is 13.2 Å². The molecule has 1 atom stereocenters. The van der Waals surface area contributed by atoms with Gasteiger partial charge in [0, 0.05) is 10.7 Å². The van der Waals surface area contributed by atoms with E-state index in [-0.39, 0.29) is 11.9 Å². The molecule has 0 radical (unpaired) electrons. The van der Waals surface area contributed by atoms with Gasteiger partial charge in [-0.05, 0) is 36.8 Å². The molecule has 0 fully saturated rings. The SMILES string of the molecule is CC(NC(=O)c1ccc(Cl)nc1)c1cc2c(cc1Br)OCCO2. The van der Waals surface area contributed by atoms with Gasteiger partial charge in [0.25, 0.3) is 5.91 Å². The molecule has 1 aromatic heterocycles. The second kappa shape index (κ2) is 6.76. The molecule has 2 aromatic rings. The maximum Gasteiger partial charge on any atom is 0.253 e. The van der Waals surface area contributed by atoms with Gasteiger partial charge in [-0.1, -0.05) is 27.5 Å². The maximum atomic E-state index is 12.3. The van der Waals surface area contributed by atoms with Crippen molar-refractivity contribution in [1.29, 1.82) is 0 Å². The first-order valence-corrected chi connectivity index (χ1v) is 8.23. The monoisotopic (exact) mass is 396 g/mol. The summed E-state index contributed by atoms with van der Waals surface area (Å²) in [6, 6.07) is 6.74. The zero-order valence-corrected chi connectivity index (χ0v) is 14.6. The van der Waals surface area contributed by atoms with Crippen molar-refractivity contribution in [3.05, 3.63) is 51.2 Å². The van der Waals surface area contributed by atoms with E-state index in [4.69, 9.17) is 21.1 Å². The fourth-order valence-electron chi connectivity index (χ4n) is 2.28. The topological polar surface area (TPSA) is 60.5 Å². The second-order valence-corrected chi connectivity index (χ2v) is 6.32. The summed E-state index contributed by atoms with van der Waals surface area (Å²) in [7, 11) is 0. The van der Waals surface area contributed by atoms with Crippen molar-refractivity contribution in [3.8, 4) is 11.5 Å². The standard InChI is InChI=1S/C16H14BrClN2O3/c1-9(20-16(21)10-2-3-15(18)19-8-10)11-6-13-14(7-12(11)17)23-5-4-22-13/h2-3,6-9H,4-5H2,1H3,(H,20,21). The number of pyridine rings is 1. The van der Waals surface area contributed by atoms with Crippen LogP contribution in [0.2, 0.25) is 5.15 Å². The van der Waals surface area contributed by atoms with E-state index in [9.17, 15) is 4.79 Å². The van der Waals surface area contributed by atoms with Crippen molar-refractivity contribution >= 4 is 33.4 Å². The van der Waals surface area contributed by atoms with Crippen LogP contribution in [-0.4, -0.2) is 24.1 Å². The fourth-order valence-corrected chi connectivity index (χ4v) is 3.06.